The molecule has 0 bridgehead atoms. The number of esters is 1. The number of aromatic nitrogens is 1. The predicted molar refractivity (Wildman–Crippen MR) is 58.1 cm³/mol. The quantitative estimate of drug-likeness (QED) is 0.701. The van der Waals surface area contributed by atoms with Crippen LogP contribution in [-0.2, 0) is 4.74 Å². The number of ether oxygens (including phenoxy) is 1. The van der Waals surface area contributed by atoms with Gasteiger partial charge in [0.1, 0.15) is 5.82 Å². The van der Waals surface area contributed by atoms with E-state index in [-0.39, 0.29) is 0 Å². The van der Waals surface area contributed by atoms with Gasteiger partial charge in [-0.25, -0.2) is 9.78 Å². The van der Waals surface area contributed by atoms with Crippen LogP contribution in [0.2, 0.25) is 0 Å². The number of nitrogen functional groups attached to an aromatic ring is 1. The summed E-state index contributed by atoms with van der Waals surface area (Å²) in [6, 6.07) is 1.61. The zero-order chi connectivity index (χ0) is 11.3. The van der Waals surface area contributed by atoms with Crippen molar-refractivity contribution in [1.29, 1.82) is 0 Å². The number of rotatable bonds is 3. The van der Waals surface area contributed by atoms with E-state index in [4.69, 9.17) is 11.5 Å². The van der Waals surface area contributed by atoms with Crippen LogP contribution in [0, 0.1) is 0 Å². The highest BCUT2D eigenvalue weighted by molar-refractivity contribution is 5.90. The van der Waals surface area contributed by atoms with E-state index in [2.05, 4.69) is 9.72 Å². The Morgan fingerprint density at radius 2 is 2.40 bits per heavy atom. The van der Waals surface area contributed by atoms with Crippen LogP contribution in [0.5, 0.6) is 0 Å². The van der Waals surface area contributed by atoms with Crippen LogP contribution in [-0.4, -0.2) is 24.6 Å². The molecule has 15 heavy (non-hydrogen) atoms. The van der Waals surface area contributed by atoms with Crippen molar-refractivity contribution in [3.63, 3.8) is 0 Å². The number of hydrogen-bond donors (Lipinski definition) is 2. The van der Waals surface area contributed by atoms with Gasteiger partial charge in [0.15, 0.2) is 0 Å². The fourth-order valence-corrected chi connectivity index (χ4v) is 1.05. The Hall–Kier alpha value is -1.88. The Bertz CT molecular complexity index is 388. The highest BCUT2D eigenvalue weighted by Gasteiger charge is 2.07. The third kappa shape index (κ3) is 2.78. The van der Waals surface area contributed by atoms with Crippen molar-refractivity contribution in [1.82, 2.24) is 4.98 Å². The lowest BCUT2D eigenvalue weighted by Crippen LogP contribution is -2.04. The zero-order valence-corrected chi connectivity index (χ0v) is 8.43. The van der Waals surface area contributed by atoms with Gasteiger partial charge >= 0.3 is 5.97 Å². The lowest BCUT2D eigenvalue weighted by atomic mass is 10.1. The monoisotopic (exact) mass is 207 g/mol. The van der Waals surface area contributed by atoms with Gasteiger partial charge in [0.25, 0.3) is 0 Å². The minimum atomic E-state index is -0.440. The fourth-order valence-electron chi connectivity index (χ4n) is 1.05. The largest absolute Gasteiger partial charge is 0.465 e. The van der Waals surface area contributed by atoms with Gasteiger partial charge in [-0.1, -0.05) is 12.2 Å². The molecular formula is C10H13N3O2. The SMILES string of the molecule is COC(=O)c1cnc(N)c(C=CCN)c1. The van der Waals surface area contributed by atoms with E-state index < -0.39 is 5.97 Å². The van der Waals surface area contributed by atoms with Crippen molar-refractivity contribution in [3.8, 4) is 0 Å². The molecule has 5 heteroatoms. The van der Waals surface area contributed by atoms with Crippen molar-refractivity contribution >= 4 is 17.9 Å². The van der Waals surface area contributed by atoms with E-state index in [0.29, 0.717) is 23.5 Å². The van der Waals surface area contributed by atoms with E-state index >= 15 is 0 Å². The Morgan fingerprint density at radius 1 is 1.67 bits per heavy atom. The molecule has 0 amide bonds. The molecule has 0 radical (unpaired) electrons. The summed E-state index contributed by atoms with van der Waals surface area (Å²) >= 11 is 0. The highest BCUT2D eigenvalue weighted by atomic mass is 16.5. The number of anilines is 1. The van der Waals surface area contributed by atoms with Crippen molar-refractivity contribution in [2.45, 2.75) is 0 Å². The van der Waals surface area contributed by atoms with E-state index in [1.54, 1.807) is 18.2 Å². The molecule has 0 unspecified atom stereocenters. The molecule has 0 atom stereocenters. The Kier molecular flexibility index (Phi) is 3.82. The maximum atomic E-state index is 11.2. The maximum Gasteiger partial charge on any atom is 0.339 e. The third-order valence-corrected chi connectivity index (χ3v) is 1.80. The van der Waals surface area contributed by atoms with Crippen LogP contribution in [0.25, 0.3) is 6.08 Å². The Balaban J connectivity index is 3.05. The van der Waals surface area contributed by atoms with Crippen LogP contribution in [0.4, 0.5) is 5.82 Å². The van der Waals surface area contributed by atoms with Gasteiger partial charge in [0.05, 0.1) is 12.7 Å². The van der Waals surface area contributed by atoms with Crippen LogP contribution < -0.4 is 11.5 Å². The summed E-state index contributed by atoms with van der Waals surface area (Å²) in [7, 11) is 1.31. The van der Waals surface area contributed by atoms with Crippen LogP contribution >= 0.6 is 0 Å². The van der Waals surface area contributed by atoms with E-state index in [1.165, 1.54) is 13.3 Å². The minimum Gasteiger partial charge on any atom is -0.465 e. The Labute approximate surface area is 87.7 Å². The van der Waals surface area contributed by atoms with Gasteiger partial charge in [-0.3, -0.25) is 0 Å². The first-order valence-electron chi connectivity index (χ1n) is 4.39. The van der Waals surface area contributed by atoms with Crippen molar-refractivity contribution < 1.29 is 9.53 Å². The van der Waals surface area contributed by atoms with Crippen LogP contribution in [0.3, 0.4) is 0 Å². The van der Waals surface area contributed by atoms with Gasteiger partial charge < -0.3 is 16.2 Å². The van der Waals surface area contributed by atoms with Gasteiger partial charge in [0.2, 0.25) is 0 Å². The first-order valence-corrected chi connectivity index (χ1v) is 4.39. The number of carbonyl (C=O) groups is 1. The van der Waals surface area contributed by atoms with Gasteiger partial charge in [-0.15, -0.1) is 0 Å². The van der Waals surface area contributed by atoms with E-state index in [1.807, 2.05) is 0 Å². The molecular weight excluding hydrogens is 194 g/mol. The number of hydrogen-bond acceptors (Lipinski definition) is 5. The molecule has 0 spiro atoms. The molecule has 0 fully saturated rings. The second-order valence-electron chi connectivity index (χ2n) is 2.83. The van der Waals surface area contributed by atoms with E-state index in [0.717, 1.165) is 0 Å². The van der Waals surface area contributed by atoms with Gasteiger partial charge in [-0.05, 0) is 6.07 Å². The number of nitrogens with two attached hydrogens (primary N) is 2. The molecule has 1 aromatic heterocycles. The summed E-state index contributed by atoms with van der Waals surface area (Å²) in [5.41, 5.74) is 11.9. The number of carbonyl (C=O) groups excluding carboxylic acids is 1. The zero-order valence-electron chi connectivity index (χ0n) is 8.43. The smallest absolute Gasteiger partial charge is 0.339 e. The number of methoxy groups -OCH3 is 1. The lowest BCUT2D eigenvalue weighted by molar-refractivity contribution is 0.0600. The average Bonchev–Trinajstić information content (AvgIpc) is 2.27. The normalized spacial score (nSPS) is 10.5. The molecule has 1 heterocycles. The number of nitrogens with zero attached hydrogens (tertiary/aromatic N) is 1. The standard InChI is InChI=1S/C10H13N3O2/c1-15-10(14)8-5-7(3-2-4-11)9(12)13-6-8/h2-3,5-6H,4,11H2,1H3,(H2,12,13). The molecule has 0 aliphatic heterocycles. The molecule has 1 rings (SSSR count). The first-order chi connectivity index (χ1) is 7.19. The molecule has 0 saturated heterocycles. The summed E-state index contributed by atoms with van der Waals surface area (Å²) in [4.78, 5) is 15.1. The van der Waals surface area contributed by atoms with E-state index in [9.17, 15) is 4.79 Å². The summed E-state index contributed by atoms with van der Waals surface area (Å²) in [5.74, 6) is -0.0859. The molecule has 0 saturated carbocycles. The van der Waals surface area contributed by atoms with Crippen molar-refractivity contribution in [3.05, 3.63) is 29.5 Å². The minimum absolute atomic E-state index is 0.354. The molecule has 0 aliphatic rings. The molecule has 5 nitrogen and oxygen atoms in total. The predicted octanol–water partition coefficient (Wildman–Crippen LogP) is 0.422. The number of pyridine rings is 1. The second kappa shape index (κ2) is 5.11. The molecule has 0 aromatic carbocycles. The average molecular weight is 207 g/mol. The Morgan fingerprint density at radius 3 is 3.00 bits per heavy atom. The highest BCUT2D eigenvalue weighted by Crippen LogP contribution is 2.13. The topological polar surface area (TPSA) is 91.2 Å². The summed E-state index contributed by atoms with van der Waals surface area (Å²) < 4.78 is 4.57. The first kappa shape index (κ1) is 11.2. The molecule has 1 aromatic rings. The van der Waals surface area contributed by atoms with Crippen LogP contribution in [0.1, 0.15) is 15.9 Å². The third-order valence-electron chi connectivity index (χ3n) is 1.80. The summed E-state index contributed by atoms with van der Waals surface area (Å²) in [6.07, 6.45) is 4.82. The lowest BCUT2D eigenvalue weighted by Gasteiger charge is -2.02. The summed E-state index contributed by atoms with van der Waals surface area (Å²) in [5, 5.41) is 0. The molecule has 4 N–H and O–H groups in total. The maximum absolute atomic E-state index is 11.2. The second-order valence-corrected chi connectivity index (χ2v) is 2.83. The van der Waals surface area contributed by atoms with Gasteiger partial charge in [0, 0.05) is 18.3 Å². The van der Waals surface area contributed by atoms with Gasteiger partial charge in [-0.2, -0.15) is 0 Å². The van der Waals surface area contributed by atoms with Crippen molar-refractivity contribution in [2.24, 2.45) is 5.73 Å². The fraction of sp³-hybridized carbons (Fsp3) is 0.200. The van der Waals surface area contributed by atoms with Crippen molar-refractivity contribution in [2.75, 3.05) is 19.4 Å². The van der Waals surface area contributed by atoms with Crippen LogP contribution in [0.15, 0.2) is 18.3 Å². The molecule has 80 valence electrons. The molecule has 0 aliphatic carbocycles. The summed E-state index contributed by atoms with van der Waals surface area (Å²) in [6.45, 7) is 0.405.